The molecule has 1 aromatic heterocycles. The van der Waals surface area contributed by atoms with Gasteiger partial charge in [-0.2, -0.15) is 5.26 Å². The van der Waals surface area contributed by atoms with Gasteiger partial charge in [0.1, 0.15) is 11.8 Å². The van der Waals surface area contributed by atoms with Gasteiger partial charge in [-0.25, -0.2) is 0 Å². The highest BCUT2D eigenvalue weighted by Gasteiger charge is 2.21. The Morgan fingerprint density at radius 3 is 3.00 bits per heavy atom. The van der Waals surface area contributed by atoms with E-state index < -0.39 is 0 Å². The van der Waals surface area contributed by atoms with E-state index in [1.807, 2.05) is 12.1 Å². The van der Waals surface area contributed by atoms with Crippen molar-refractivity contribution >= 4 is 0 Å². The van der Waals surface area contributed by atoms with Gasteiger partial charge in [0.15, 0.2) is 0 Å². The molecular formula is C15H14N2O. The largest absolute Gasteiger partial charge is 0.449 e. The summed E-state index contributed by atoms with van der Waals surface area (Å²) in [4.78, 5) is 0. The smallest absolute Gasteiger partial charge is 0.203 e. The van der Waals surface area contributed by atoms with E-state index in [1.54, 1.807) is 6.07 Å². The molecule has 2 aromatic rings. The highest BCUT2D eigenvalue weighted by molar-refractivity contribution is 5.34. The molecule has 0 spiro atoms. The Hall–Kier alpha value is -2.05. The molecule has 0 bridgehead atoms. The first kappa shape index (κ1) is 11.1. The molecule has 0 amide bonds. The number of benzene rings is 1. The van der Waals surface area contributed by atoms with Crippen molar-refractivity contribution in [2.45, 2.75) is 25.4 Å². The molecule has 3 nitrogen and oxygen atoms in total. The molecule has 1 aliphatic carbocycles. The lowest BCUT2D eigenvalue weighted by atomic mass is 10.1. The monoisotopic (exact) mass is 238 g/mol. The first-order chi connectivity index (χ1) is 8.86. The quantitative estimate of drug-likeness (QED) is 0.894. The van der Waals surface area contributed by atoms with Crippen molar-refractivity contribution in [3.8, 4) is 6.07 Å². The highest BCUT2D eigenvalue weighted by atomic mass is 16.3. The second kappa shape index (κ2) is 4.67. The minimum Gasteiger partial charge on any atom is -0.449 e. The van der Waals surface area contributed by atoms with Gasteiger partial charge >= 0.3 is 0 Å². The van der Waals surface area contributed by atoms with Gasteiger partial charge in [-0.1, -0.05) is 24.3 Å². The molecule has 1 heterocycles. The van der Waals surface area contributed by atoms with Gasteiger partial charge in [-0.3, -0.25) is 0 Å². The van der Waals surface area contributed by atoms with Gasteiger partial charge in [0, 0.05) is 6.04 Å². The predicted molar refractivity (Wildman–Crippen MR) is 67.8 cm³/mol. The Morgan fingerprint density at radius 1 is 1.28 bits per heavy atom. The molecule has 0 saturated carbocycles. The number of rotatable bonds is 3. The average Bonchev–Trinajstić information content (AvgIpc) is 3.03. The van der Waals surface area contributed by atoms with Crippen LogP contribution in [0, 0.1) is 11.3 Å². The predicted octanol–water partition coefficient (Wildman–Crippen LogP) is 2.93. The topological polar surface area (TPSA) is 49.0 Å². The van der Waals surface area contributed by atoms with Gasteiger partial charge in [0.05, 0.1) is 6.54 Å². The number of hydrogen-bond donors (Lipinski definition) is 1. The molecule has 90 valence electrons. The van der Waals surface area contributed by atoms with Crippen LogP contribution >= 0.6 is 0 Å². The average molecular weight is 238 g/mol. The highest BCUT2D eigenvalue weighted by Crippen LogP contribution is 2.30. The molecule has 0 fully saturated rings. The van der Waals surface area contributed by atoms with Crippen molar-refractivity contribution in [2.75, 3.05) is 0 Å². The zero-order chi connectivity index (χ0) is 12.4. The van der Waals surface area contributed by atoms with Crippen LogP contribution in [0.5, 0.6) is 0 Å². The van der Waals surface area contributed by atoms with Crippen molar-refractivity contribution in [3.05, 3.63) is 59.0 Å². The molecule has 1 N–H and O–H groups in total. The summed E-state index contributed by atoms with van der Waals surface area (Å²) < 4.78 is 5.36. The van der Waals surface area contributed by atoms with E-state index >= 15 is 0 Å². The maximum Gasteiger partial charge on any atom is 0.203 e. The summed E-state index contributed by atoms with van der Waals surface area (Å²) in [5.74, 6) is 1.19. The number of nitrogens with zero attached hydrogens (tertiary/aromatic N) is 1. The minimum absolute atomic E-state index is 0.374. The summed E-state index contributed by atoms with van der Waals surface area (Å²) >= 11 is 0. The van der Waals surface area contributed by atoms with E-state index in [1.165, 1.54) is 11.1 Å². The molecule has 3 rings (SSSR count). The summed E-state index contributed by atoms with van der Waals surface area (Å²) in [6, 6.07) is 14.5. The third-order valence-electron chi connectivity index (χ3n) is 3.43. The third kappa shape index (κ3) is 2.03. The molecule has 1 aliphatic rings. The van der Waals surface area contributed by atoms with Crippen LogP contribution in [-0.4, -0.2) is 0 Å². The fourth-order valence-corrected chi connectivity index (χ4v) is 2.53. The van der Waals surface area contributed by atoms with Crippen LogP contribution in [0.1, 0.15) is 35.1 Å². The number of aryl methyl sites for hydroxylation is 1. The first-order valence-electron chi connectivity index (χ1n) is 6.17. The summed E-state index contributed by atoms with van der Waals surface area (Å²) in [7, 11) is 0. The van der Waals surface area contributed by atoms with Gasteiger partial charge < -0.3 is 9.73 Å². The molecule has 1 unspecified atom stereocenters. The van der Waals surface area contributed by atoms with Crippen LogP contribution in [0.2, 0.25) is 0 Å². The van der Waals surface area contributed by atoms with E-state index in [4.69, 9.17) is 9.68 Å². The summed E-state index contributed by atoms with van der Waals surface area (Å²) in [5, 5.41) is 12.2. The van der Waals surface area contributed by atoms with Crippen LogP contribution in [0.15, 0.2) is 40.8 Å². The number of furan rings is 1. The number of hydrogen-bond acceptors (Lipinski definition) is 3. The second-order valence-electron chi connectivity index (χ2n) is 4.55. The van der Waals surface area contributed by atoms with E-state index in [0.717, 1.165) is 18.6 Å². The minimum atomic E-state index is 0.374. The Morgan fingerprint density at radius 2 is 2.17 bits per heavy atom. The zero-order valence-corrected chi connectivity index (χ0v) is 10.0. The molecule has 0 saturated heterocycles. The maximum absolute atomic E-state index is 8.70. The molecular weight excluding hydrogens is 224 g/mol. The van der Waals surface area contributed by atoms with Crippen LogP contribution in [0.4, 0.5) is 0 Å². The van der Waals surface area contributed by atoms with E-state index in [9.17, 15) is 0 Å². The Labute approximate surface area is 106 Å². The lowest BCUT2D eigenvalue weighted by molar-refractivity contribution is 0.442. The number of nitriles is 1. The van der Waals surface area contributed by atoms with Crippen molar-refractivity contribution in [3.63, 3.8) is 0 Å². The molecule has 3 heteroatoms. The van der Waals surface area contributed by atoms with Crippen molar-refractivity contribution in [1.29, 1.82) is 5.26 Å². The summed E-state index contributed by atoms with van der Waals surface area (Å²) in [6.07, 6.45) is 2.26. The van der Waals surface area contributed by atoms with Gasteiger partial charge in [0.2, 0.25) is 5.76 Å². The van der Waals surface area contributed by atoms with Gasteiger partial charge in [0.25, 0.3) is 0 Å². The van der Waals surface area contributed by atoms with Gasteiger partial charge in [-0.05, 0) is 36.1 Å². The first-order valence-corrected chi connectivity index (χ1v) is 6.17. The van der Waals surface area contributed by atoms with Crippen molar-refractivity contribution in [1.82, 2.24) is 5.32 Å². The Balaban J connectivity index is 1.67. The SMILES string of the molecule is N#Cc1ccc(CNC2CCc3ccccc32)o1. The fourth-order valence-electron chi connectivity index (χ4n) is 2.53. The lowest BCUT2D eigenvalue weighted by Crippen LogP contribution is -2.18. The molecule has 18 heavy (non-hydrogen) atoms. The van der Waals surface area contributed by atoms with Crippen LogP contribution < -0.4 is 5.32 Å². The van der Waals surface area contributed by atoms with Gasteiger partial charge in [-0.15, -0.1) is 0 Å². The van der Waals surface area contributed by atoms with E-state index in [0.29, 0.717) is 18.3 Å². The van der Waals surface area contributed by atoms with E-state index in [-0.39, 0.29) is 0 Å². The molecule has 0 aliphatic heterocycles. The normalized spacial score (nSPS) is 17.4. The fraction of sp³-hybridized carbons (Fsp3) is 0.267. The van der Waals surface area contributed by atoms with Crippen LogP contribution in [-0.2, 0) is 13.0 Å². The van der Waals surface area contributed by atoms with E-state index in [2.05, 4.69) is 29.6 Å². The van der Waals surface area contributed by atoms with Crippen LogP contribution in [0.25, 0.3) is 0 Å². The van der Waals surface area contributed by atoms with Crippen LogP contribution in [0.3, 0.4) is 0 Å². The molecule has 1 atom stereocenters. The number of fused-ring (bicyclic) bond motifs is 1. The summed E-state index contributed by atoms with van der Waals surface area (Å²) in [5.41, 5.74) is 2.83. The lowest BCUT2D eigenvalue weighted by Gasteiger charge is -2.12. The summed E-state index contributed by atoms with van der Waals surface area (Å²) in [6.45, 7) is 0.667. The number of nitrogens with one attached hydrogen (secondary N) is 1. The third-order valence-corrected chi connectivity index (χ3v) is 3.43. The standard InChI is InChI=1S/C15H14N2O/c16-9-12-6-7-13(18-12)10-17-15-8-5-11-3-1-2-4-14(11)15/h1-4,6-7,15,17H,5,8,10H2. The van der Waals surface area contributed by atoms with Crippen molar-refractivity contribution < 1.29 is 4.42 Å². The zero-order valence-electron chi connectivity index (χ0n) is 10.0. The Bertz CT molecular complexity index is 595. The maximum atomic E-state index is 8.70. The molecule has 1 aromatic carbocycles. The molecule has 0 radical (unpaired) electrons. The Kier molecular flexibility index (Phi) is 2.87. The van der Waals surface area contributed by atoms with Crippen molar-refractivity contribution in [2.24, 2.45) is 0 Å². The second-order valence-corrected chi connectivity index (χ2v) is 4.55.